The standard InChI is InChI=1S/C25H21N3O/c1-16-4-8-18(9-5-16)24-22-15-19-14-21(29-3)12-13-23(19)26-25(22)28(27-24)20-10-6-17(2)7-11-20/h4-15H,1-3H3. The maximum Gasteiger partial charge on any atom is 0.164 e. The third kappa shape index (κ3) is 3.03. The molecule has 29 heavy (non-hydrogen) atoms. The molecule has 5 rings (SSSR count). The van der Waals surface area contributed by atoms with Crippen LogP contribution in [0.5, 0.6) is 5.75 Å². The molecular formula is C25H21N3O. The molecule has 3 aromatic carbocycles. The maximum atomic E-state index is 5.40. The maximum absolute atomic E-state index is 5.40. The summed E-state index contributed by atoms with van der Waals surface area (Å²) in [5.74, 6) is 0.821. The topological polar surface area (TPSA) is 39.9 Å². The van der Waals surface area contributed by atoms with Crippen LogP contribution in [0.1, 0.15) is 11.1 Å². The first kappa shape index (κ1) is 17.4. The summed E-state index contributed by atoms with van der Waals surface area (Å²) in [4.78, 5) is 4.96. The fourth-order valence-electron chi connectivity index (χ4n) is 3.60. The molecular weight excluding hydrogens is 358 g/mol. The van der Waals surface area contributed by atoms with Gasteiger partial charge in [-0.3, -0.25) is 0 Å². The number of ether oxygens (including phenoxy) is 1. The number of nitrogens with zero attached hydrogens (tertiary/aromatic N) is 3. The summed E-state index contributed by atoms with van der Waals surface area (Å²) in [7, 11) is 1.68. The van der Waals surface area contributed by atoms with Crippen LogP contribution in [-0.4, -0.2) is 21.9 Å². The highest BCUT2D eigenvalue weighted by Gasteiger charge is 2.16. The normalized spacial score (nSPS) is 11.3. The largest absolute Gasteiger partial charge is 0.497 e. The van der Waals surface area contributed by atoms with Crippen molar-refractivity contribution in [1.82, 2.24) is 14.8 Å². The first-order chi connectivity index (χ1) is 14.1. The zero-order valence-electron chi connectivity index (χ0n) is 16.7. The minimum atomic E-state index is 0.821. The minimum absolute atomic E-state index is 0.821. The Morgan fingerprint density at radius 1 is 0.793 bits per heavy atom. The molecule has 4 heteroatoms. The highest BCUT2D eigenvalue weighted by molar-refractivity contribution is 5.99. The summed E-state index contributed by atoms with van der Waals surface area (Å²) in [6.45, 7) is 4.18. The van der Waals surface area contributed by atoms with Crippen LogP contribution in [0.3, 0.4) is 0 Å². The zero-order valence-corrected chi connectivity index (χ0v) is 16.7. The summed E-state index contributed by atoms with van der Waals surface area (Å²) in [6.07, 6.45) is 0. The Labute approximate surface area is 169 Å². The number of hydrogen-bond donors (Lipinski definition) is 0. The van der Waals surface area contributed by atoms with Gasteiger partial charge in [0.25, 0.3) is 0 Å². The molecule has 0 bridgehead atoms. The van der Waals surface area contributed by atoms with Gasteiger partial charge in [-0.15, -0.1) is 0 Å². The molecule has 0 saturated heterocycles. The number of aromatic nitrogens is 3. The molecule has 0 radical (unpaired) electrons. The Morgan fingerprint density at radius 3 is 2.17 bits per heavy atom. The highest BCUT2D eigenvalue weighted by atomic mass is 16.5. The second-order valence-corrected chi connectivity index (χ2v) is 7.38. The number of rotatable bonds is 3. The van der Waals surface area contributed by atoms with Crippen molar-refractivity contribution in [1.29, 1.82) is 0 Å². The van der Waals surface area contributed by atoms with E-state index in [2.05, 4.69) is 68.4 Å². The van der Waals surface area contributed by atoms with Crippen molar-refractivity contribution >= 4 is 21.9 Å². The Kier molecular flexibility index (Phi) is 4.06. The number of benzene rings is 3. The van der Waals surface area contributed by atoms with Crippen molar-refractivity contribution < 1.29 is 4.74 Å². The quantitative estimate of drug-likeness (QED) is 0.394. The van der Waals surface area contributed by atoms with Crippen LogP contribution in [0.2, 0.25) is 0 Å². The molecule has 0 unspecified atom stereocenters. The van der Waals surface area contributed by atoms with Crippen molar-refractivity contribution in [2.24, 2.45) is 0 Å². The van der Waals surface area contributed by atoms with Crippen molar-refractivity contribution in [3.8, 4) is 22.7 Å². The lowest BCUT2D eigenvalue weighted by atomic mass is 10.1. The van der Waals surface area contributed by atoms with Crippen molar-refractivity contribution in [2.75, 3.05) is 7.11 Å². The molecule has 2 heterocycles. The number of fused-ring (bicyclic) bond motifs is 2. The summed E-state index contributed by atoms with van der Waals surface area (Å²) in [5, 5.41) is 7.04. The van der Waals surface area contributed by atoms with Crippen LogP contribution in [0, 0.1) is 13.8 Å². The van der Waals surface area contributed by atoms with Gasteiger partial charge in [-0.1, -0.05) is 47.5 Å². The Hall–Kier alpha value is -3.66. The van der Waals surface area contributed by atoms with Gasteiger partial charge in [0.05, 0.1) is 18.3 Å². The number of aryl methyl sites for hydroxylation is 2. The van der Waals surface area contributed by atoms with E-state index in [0.29, 0.717) is 0 Å². The van der Waals surface area contributed by atoms with E-state index >= 15 is 0 Å². The van der Waals surface area contributed by atoms with Crippen LogP contribution in [-0.2, 0) is 0 Å². The molecule has 0 aliphatic rings. The van der Waals surface area contributed by atoms with E-state index in [1.54, 1.807) is 7.11 Å². The van der Waals surface area contributed by atoms with E-state index in [1.165, 1.54) is 11.1 Å². The van der Waals surface area contributed by atoms with Gasteiger partial charge in [-0.05, 0) is 50.2 Å². The van der Waals surface area contributed by atoms with E-state index in [0.717, 1.165) is 44.6 Å². The van der Waals surface area contributed by atoms with E-state index in [-0.39, 0.29) is 0 Å². The third-order valence-corrected chi connectivity index (χ3v) is 5.26. The second-order valence-electron chi connectivity index (χ2n) is 7.38. The molecule has 0 aliphatic carbocycles. The molecule has 0 aliphatic heterocycles. The summed E-state index contributed by atoms with van der Waals surface area (Å²) in [6, 6.07) is 24.9. The van der Waals surface area contributed by atoms with Crippen molar-refractivity contribution in [2.45, 2.75) is 13.8 Å². The van der Waals surface area contributed by atoms with E-state index < -0.39 is 0 Å². The average Bonchev–Trinajstić information content (AvgIpc) is 3.11. The van der Waals surface area contributed by atoms with E-state index in [1.807, 2.05) is 22.9 Å². The molecule has 0 fully saturated rings. The van der Waals surface area contributed by atoms with Crippen LogP contribution >= 0.6 is 0 Å². The smallest absolute Gasteiger partial charge is 0.164 e. The van der Waals surface area contributed by atoms with Gasteiger partial charge in [0.1, 0.15) is 11.4 Å². The molecule has 0 N–H and O–H groups in total. The fourth-order valence-corrected chi connectivity index (χ4v) is 3.60. The number of pyridine rings is 1. The predicted molar refractivity (Wildman–Crippen MR) is 118 cm³/mol. The Balaban J connectivity index is 1.83. The second kappa shape index (κ2) is 6.74. The summed E-state index contributed by atoms with van der Waals surface area (Å²) in [5.41, 5.74) is 7.22. The van der Waals surface area contributed by atoms with Gasteiger partial charge in [-0.25, -0.2) is 9.67 Å². The number of methoxy groups -OCH3 is 1. The van der Waals surface area contributed by atoms with Crippen LogP contribution in [0.15, 0.2) is 72.8 Å². The van der Waals surface area contributed by atoms with Gasteiger partial charge >= 0.3 is 0 Å². The lowest BCUT2D eigenvalue weighted by Crippen LogP contribution is -1.98. The summed E-state index contributed by atoms with van der Waals surface area (Å²) < 4.78 is 7.34. The van der Waals surface area contributed by atoms with Gasteiger partial charge in [0.15, 0.2) is 5.65 Å². The minimum Gasteiger partial charge on any atom is -0.497 e. The van der Waals surface area contributed by atoms with Gasteiger partial charge < -0.3 is 4.74 Å². The molecule has 5 aromatic rings. The average molecular weight is 379 g/mol. The molecule has 0 saturated carbocycles. The molecule has 0 amide bonds. The highest BCUT2D eigenvalue weighted by Crippen LogP contribution is 2.32. The fraction of sp³-hybridized carbons (Fsp3) is 0.120. The van der Waals surface area contributed by atoms with E-state index in [4.69, 9.17) is 14.8 Å². The number of hydrogen-bond acceptors (Lipinski definition) is 3. The lowest BCUT2D eigenvalue weighted by molar-refractivity contribution is 0.415. The predicted octanol–water partition coefficient (Wildman–Crippen LogP) is 5.87. The van der Waals surface area contributed by atoms with Crippen LogP contribution in [0.25, 0.3) is 38.9 Å². The Morgan fingerprint density at radius 2 is 1.48 bits per heavy atom. The first-order valence-corrected chi connectivity index (χ1v) is 9.64. The lowest BCUT2D eigenvalue weighted by Gasteiger charge is -2.05. The Bertz CT molecular complexity index is 1330. The van der Waals surface area contributed by atoms with Gasteiger partial charge in [0.2, 0.25) is 0 Å². The zero-order chi connectivity index (χ0) is 20.0. The van der Waals surface area contributed by atoms with Crippen LogP contribution < -0.4 is 4.74 Å². The van der Waals surface area contributed by atoms with Crippen LogP contribution in [0.4, 0.5) is 0 Å². The van der Waals surface area contributed by atoms with Gasteiger partial charge in [0, 0.05) is 16.3 Å². The van der Waals surface area contributed by atoms with Crippen molar-refractivity contribution in [3.63, 3.8) is 0 Å². The summed E-state index contributed by atoms with van der Waals surface area (Å²) >= 11 is 0. The first-order valence-electron chi connectivity index (χ1n) is 9.64. The molecule has 0 atom stereocenters. The van der Waals surface area contributed by atoms with Crippen molar-refractivity contribution in [3.05, 3.63) is 83.9 Å². The molecule has 142 valence electrons. The third-order valence-electron chi connectivity index (χ3n) is 5.26. The SMILES string of the molecule is COc1ccc2nc3c(cc2c1)c(-c1ccc(C)cc1)nn3-c1ccc(C)cc1. The molecule has 4 nitrogen and oxygen atoms in total. The van der Waals surface area contributed by atoms with Gasteiger partial charge in [-0.2, -0.15) is 5.10 Å². The monoisotopic (exact) mass is 379 g/mol. The molecule has 0 spiro atoms. The molecule has 2 aromatic heterocycles. The van der Waals surface area contributed by atoms with E-state index in [9.17, 15) is 0 Å².